The molecule has 1 saturated heterocycles. The van der Waals surface area contributed by atoms with Gasteiger partial charge in [0.25, 0.3) is 5.78 Å². The average molecular weight is 364 g/mol. The van der Waals surface area contributed by atoms with Crippen LogP contribution in [0.5, 0.6) is 0 Å². The predicted octanol–water partition coefficient (Wildman–Crippen LogP) is 3.33. The largest absolute Gasteiger partial charge is 0.368 e. The van der Waals surface area contributed by atoms with Crippen molar-refractivity contribution in [3.8, 4) is 0 Å². The SMILES string of the molecule is CCCc1c(C)nc2ncnn2c1N1CCN(c2cc(C)ccc2C)CC1. The van der Waals surface area contributed by atoms with Crippen LogP contribution in [-0.4, -0.2) is 45.8 Å². The molecule has 6 heteroatoms. The summed E-state index contributed by atoms with van der Waals surface area (Å²) in [6, 6.07) is 6.72. The first-order valence-corrected chi connectivity index (χ1v) is 9.85. The Bertz CT molecular complexity index is 953. The van der Waals surface area contributed by atoms with Crippen LogP contribution in [0.25, 0.3) is 5.78 Å². The molecule has 0 N–H and O–H groups in total. The van der Waals surface area contributed by atoms with Crippen LogP contribution in [0.15, 0.2) is 24.5 Å². The summed E-state index contributed by atoms with van der Waals surface area (Å²) >= 11 is 0. The molecule has 0 amide bonds. The fraction of sp³-hybridized carbons (Fsp3) is 0.476. The van der Waals surface area contributed by atoms with Crippen molar-refractivity contribution in [2.45, 2.75) is 40.5 Å². The second-order valence-electron chi connectivity index (χ2n) is 7.49. The van der Waals surface area contributed by atoms with E-state index in [0.717, 1.165) is 44.7 Å². The molecule has 0 atom stereocenters. The fourth-order valence-electron chi connectivity index (χ4n) is 4.05. The molecule has 1 fully saturated rings. The lowest BCUT2D eigenvalue weighted by atomic mass is 10.1. The van der Waals surface area contributed by atoms with Gasteiger partial charge in [0.1, 0.15) is 12.1 Å². The van der Waals surface area contributed by atoms with Gasteiger partial charge in [-0.15, -0.1) is 0 Å². The van der Waals surface area contributed by atoms with E-state index in [9.17, 15) is 0 Å². The molecule has 4 rings (SSSR count). The van der Waals surface area contributed by atoms with E-state index in [-0.39, 0.29) is 0 Å². The Morgan fingerprint density at radius 3 is 2.48 bits per heavy atom. The molecule has 27 heavy (non-hydrogen) atoms. The van der Waals surface area contributed by atoms with Crippen molar-refractivity contribution in [3.63, 3.8) is 0 Å². The average Bonchev–Trinajstić information content (AvgIpc) is 3.12. The van der Waals surface area contributed by atoms with Crippen LogP contribution in [0.2, 0.25) is 0 Å². The molecule has 0 spiro atoms. The van der Waals surface area contributed by atoms with Gasteiger partial charge in [-0.2, -0.15) is 14.6 Å². The number of hydrogen-bond acceptors (Lipinski definition) is 5. The monoisotopic (exact) mass is 364 g/mol. The molecular weight excluding hydrogens is 336 g/mol. The standard InChI is InChI=1S/C21H28N6/c1-5-6-18-17(4)24-21-22-14-23-27(21)20(18)26-11-9-25(10-12-26)19-13-15(2)7-8-16(19)3/h7-8,13-14H,5-6,9-12H2,1-4H3. The number of rotatable bonds is 4. The molecule has 6 nitrogen and oxygen atoms in total. The molecule has 1 aromatic carbocycles. The summed E-state index contributed by atoms with van der Waals surface area (Å²) in [5, 5.41) is 4.47. The fourth-order valence-corrected chi connectivity index (χ4v) is 4.05. The van der Waals surface area contributed by atoms with Crippen LogP contribution in [-0.2, 0) is 6.42 Å². The van der Waals surface area contributed by atoms with Crippen molar-refractivity contribution >= 4 is 17.3 Å². The van der Waals surface area contributed by atoms with E-state index >= 15 is 0 Å². The Labute approximate surface area is 160 Å². The van der Waals surface area contributed by atoms with Crippen molar-refractivity contribution in [3.05, 3.63) is 46.9 Å². The molecule has 0 unspecified atom stereocenters. The normalized spacial score (nSPS) is 15.0. The maximum Gasteiger partial charge on any atom is 0.254 e. The third kappa shape index (κ3) is 3.24. The third-order valence-electron chi connectivity index (χ3n) is 5.49. The molecule has 0 bridgehead atoms. The van der Waals surface area contributed by atoms with Gasteiger partial charge in [-0.1, -0.05) is 25.5 Å². The number of nitrogens with zero attached hydrogens (tertiary/aromatic N) is 6. The van der Waals surface area contributed by atoms with Crippen molar-refractivity contribution in [2.24, 2.45) is 0 Å². The van der Waals surface area contributed by atoms with Crippen LogP contribution in [0.3, 0.4) is 0 Å². The van der Waals surface area contributed by atoms with Crippen molar-refractivity contribution in [1.82, 2.24) is 19.6 Å². The number of piperazine rings is 1. The number of fused-ring (bicyclic) bond motifs is 1. The van der Waals surface area contributed by atoms with E-state index in [1.165, 1.54) is 28.2 Å². The molecule has 2 aromatic heterocycles. The second-order valence-corrected chi connectivity index (χ2v) is 7.49. The number of benzene rings is 1. The Balaban J connectivity index is 1.64. The maximum absolute atomic E-state index is 4.65. The van der Waals surface area contributed by atoms with Gasteiger partial charge in [-0.05, 0) is 44.4 Å². The van der Waals surface area contributed by atoms with Gasteiger partial charge >= 0.3 is 0 Å². The highest BCUT2D eigenvalue weighted by Gasteiger charge is 2.24. The van der Waals surface area contributed by atoms with Crippen molar-refractivity contribution < 1.29 is 0 Å². The summed E-state index contributed by atoms with van der Waals surface area (Å²) in [5.41, 5.74) is 6.40. The van der Waals surface area contributed by atoms with E-state index in [2.05, 4.69) is 70.8 Å². The van der Waals surface area contributed by atoms with Gasteiger partial charge in [0.05, 0.1) is 0 Å². The molecule has 3 aromatic rings. The maximum atomic E-state index is 4.65. The quantitative estimate of drug-likeness (QED) is 0.711. The van der Waals surface area contributed by atoms with Gasteiger partial charge < -0.3 is 9.80 Å². The summed E-state index contributed by atoms with van der Waals surface area (Å²) in [5.74, 6) is 1.87. The molecular formula is C21H28N6. The minimum absolute atomic E-state index is 0.694. The van der Waals surface area contributed by atoms with Crippen LogP contribution in [0.1, 0.15) is 35.7 Å². The highest BCUT2D eigenvalue weighted by atomic mass is 15.4. The van der Waals surface area contributed by atoms with Gasteiger partial charge in [-0.3, -0.25) is 0 Å². The van der Waals surface area contributed by atoms with Crippen LogP contribution < -0.4 is 9.80 Å². The van der Waals surface area contributed by atoms with Gasteiger partial charge in [0, 0.05) is 43.1 Å². The van der Waals surface area contributed by atoms with Gasteiger partial charge in [0.2, 0.25) is 0 Å². The lowest BCUT2D eigenvalue weighted by Gasteiger charge is -2.38. The first kappa shape index (κ1) is 17.8. The summed E-state index contributed by atoms with van der Waals surface area (Å²) in [7, 11) is 0. The van der Waals surface area contributed by atoms with Crippen LogP contribution >= 0.6 is 0 Å². The molecule has 0 aliphatic carbocycles. The highest BCUT2D eigenvalue weighted by molar-refractivity contribution is 5.59. The second kappa shape index (κ2) is 7.18. The predicted molar refractivity (Wildman–Crippen MR) is 110 cm³/mol. The zero-order valence-electron chi connectivity index (χ0n) is 16.7. The Morgan fingerprint density at radius 2 is 1.74 bits per heavy atom. The minimum atomic E-state index is 0.694. The minimum Gasteiger partial charge on any atom is -0.368 e. The van der Waals surface area contributed by atoms with E-state index in [1.807, 2.05) is 4.52 Å². The van der Waals surface area contributed by atoms with Crippen LogP contribution in [0, 0.1) is 20.8 Å². The van der Waals surface area contributed by atoms with E-state index in [0.29, 0.717) is 5.78 Å². The zero-order valence-corrected chi connectivity index (χ0v) is 16.7. The molecule has 142 valence electrons. The topological polar surface area (TPSA) is 49.6 Å². The number of aromatic nitrogens is 4. The Kier molecular flexibility index (Phi) is 4.72. The Hall–Kier alpha value is -2.63. The molecule has 0 saturated carbocycles. The van der Waals surface area contributed by atoms with Gasteiger partial charge in [0.15, 0.2) is 0 Å². The molecule has 1 aliphatic heterocycles. The van der Waals surface area contributed by atoms with Crippen molar-refractivity contribution in [1.29, 1.82) is 0 Å². The molecule has 1 aliphatic rings. The van der Waals surface area contributed by atoms with Crippen LogP contribution in [0.4, 0.5) is 11.5 Å². The summed E-state index contributed by atoms with van der Waals surface area (Å²) < 4.78 is 1.92. The van der Waals surface area contributed by atoms with E-state index < -0.39 is 0 Å². The summed E-state index contributed by atoms with van der Waals surface area (Å²) in [6.45, 7) is 12.6. The molecule has 3 heterocycles. The van der Waals surface area contributed by atoms with Gasteiger partial charge in [-0.25, -0.2) is 4.98 Å². The smallest absolute Gasteiger partial charge is 0.254 e. The third-order valence-corrected chi connectivity index (χ3v) is 5.49. The van der Waals surface area contributed by atoms with Crippen molar-refractivity contribution in [2.75, 3.05) is 36.0 Å². The summed E-state index contributed by atoms with van der Waals surface area (Å²) in [4.78, 5) is 13.9. The number of aryl methyl sites for hydroxylation is 3. The Morgan fingerprint density at radius 1 is 1.00 bits per heavy atom. The number of anilines is 2. The molecule has 0 radical (unpaired) electrons. The zero-order chi connectivity index (χ0) is 19.0. The number of hydrogen-bond donors (Lipinski definition) is 0. The summed E-state index contributed by atoms with van der Waals surface area (Å²) in [6.07, 6.45) is 3.71. The lowest BCUT2D eigenvalue weighted by molar-refractivity contribution is 0.632. The first-order chi connectivity index (χ1) is 13.1. The highest BCUT2D eigenvalue weighted by Crippen LogP contribution is 2.28. The first-order valence-electron chi connectivity index (χ1n) is 9.85. The van der Waals surface area contributed by atoms with E-state index in [4.69, 9.17) is 0 Å². The lowest BCUT2D eigenvalue weighted by Crippen LogP contribution is -2.47. The van der Waals surface area contributed by atoms with E-state index in [1.54, 1.807) is 6.33 Å².